The van der Waals surface area contributed by atoms with Crippen molar-refractivity contribution in [3.05, 3.63) is 52.5 Å². The highest BCUT2D eigenvalue weighted by molar-refractivity contribution is 9.10. The summed E-state index contributed by atoms with van der Waals surface area (Å²) in [6, 6.07) is 12.6. The molecule has 0 atom stereocenters. The molecule has 0 N–H and O–H groups in total. The van der Waals surface area contributed by atoms with Crippen molar-refractivity contribution in [1.29, 1.82) is 0 Å². The van der Waals surface area contributed by atoms with Crippen molar-refractivity contribution in [3.63, 3.8) is 0 Å². The fraction of sp³-hybridized carbons (Fsp3) is 0.235. The van der Waals surface area contributed by atoms with Gasteiger partial charge in [0.15, 0.2) is 18.1 Å². The van der Waals surface area contributed by atoms with E-state index in [0.29, 0.717) is 11.5 Å². The van der Waals surface area contributed by atoms with Crippen molar-refractivity contribution in [2.45, 2.75) is 6.61 Å². The van der Waals surface area contributed by atoms with Gasteiger partial charge >= 0.3 is 5.97 Å². The number of hydrogen-bond donors (Lipinski definition) is 0. The Labute approximate surface area is 143 Å². The maximum Gasteiger partial charge on any atom is 0.344 e. The predicted molar refractivity (Wildman–Crippen MR) is 89.0 cm³/mol. The van der Waals surface area contributed by atoms with Gasteiger partial charge in [0.1, 0.15) is 12.4 Å². The molecule has 2 rings (SSSR count). The van der Waals surface area contributed by atoms with E-state index >= 15 is 0 Å². The summed E-state index contributed by atoms with van der Waals surface area (Å²) in [5, 5.41) is 0. The highest BCUT2D eigenvalue weighted by Crippen LogP contribution is 2.26. The highest BCUT2D eigenvalue weighted by atomic mass is 79.9. The molecule has 2 aromatic carbocycles. The summed E-state index contributed by atoms with van der Waals surface area (Å²) in [5.74, 6) is 1.33. The minimum Gasteiger partial charge on any atom is -0.496 e. The second kappa shape index (κ2) is 8.43. The largest absolute Gasteiger partial charge is 0.496 e. The number of carbonyl (C=O) groups is 1. The number of rotatable bonds is 7. The van der Waals surface area contributed by atoms with Crippen molar-refractivity contribution in [1.82, 2.24) is 0 Å². The number of carbonyl (C=O) groups excluding carboxylic acids is 1. The van der Waals surface area contributed by atoms with E-state index < -0.39 is 5.97 Å². The van der Waals surface area contributed by atoms with Crippen LogP contribution in [0.3, 0.4) is 0 Å². The first-order valence-electron chi connectivity index (χ1n) is 6.88. The Balaban J connectivity index is 1.84. The molecule has 122 valence electrons. The van der Waals surface area contributed by atoms with Crippen LogP contribution in [-0.4, -0.2) is 26.8 Å². The molecule has 0 heterocycles. The molecule has 5 nitrogen and oxygen atoms in total. The molecule has 0 fully saturated rings. The Morgan fingerprint density at radius 2 is 1.70 bits per heavy atom. The summed E-state index contributed by atoms with van der Waals surface area (Å²) in [6.07, 6.45) is 0. The van der Waals surface area contributed by atoms with Crippen molar-refractivity contribution in [2.24, 2.45) is 0 Å². The quantitative estimate of drug-likeness (QED) is 0.687. The summed E-state index contributed by atoms with van der Waals surface area (Å²) in [7, 11) is 3.14. The van der Waals surface area contributed by atoms with E-state index in [4.69, 9.17) is 18.9 Å². The van der Waals surface area contributed by atoms with E-state index in [0.717, 1.165) is 15.8 Å². The molecule has 0 aromatic heterocycles. The fourth-order valence-corrected chi connectivity index (χ4v) is 2.47. The third kappa shape index (κ3) is 4.89. The van der Waals surface area contributed by atoms with E-state index in [2.05, 4.69) is 15.9 Å². The van der Waals surface area contributed by atoms with Crippen LogP contribution in [0.25, 0.3) is 0 Å². The van der Waals surface area contributed by atoms with Crippen LogP contribution in [0.5, 0.6) is 17.2 Å². The minimum atomic E-state index is -0.456. The zero-order valence-electron chi connectivity index (χ0n) is 12.9. The number of methoxy groups -OCH3 is 2. The van der Waals surface area contributed by atoms with Crippen LogP contribution < -0.4 is 14.2 Å². The van der Waals surface area contributed by atoms with E-state index in [1.54, 1.807) is 38.5 Å². The lowest BCUT2D eigenvalue weighted by molar-refractivity contribution is -0.147. The summed E-state index contributed by atoms with van der Waals surface area (Å²) >= 11 is 3.39. The average molecular weight is 381 g/mol. The van der Waals surface area contributed by atoms with E-state index in [9.17, 15) is 4.79 Å². The molecule has 0 amide bonds. The lowest BCUT2D eigenvalue weighted by atomic mass is 10.2. The van der Waals surface area contributed by atoms with Gasteiger partial charge in [-0.25, -0.2) is 4.79 Å². The lowest BCUT2D eigenvalue weighted by Gasteiger charge is -2.10. The number of halogens is 1. The van der Waals surface area contributed by atoms with Gasteiger partial charge in [0.05, 0.1) is 18.7 Å². The Hall–Kier alpha value is -2.21. The van der Waals surface area contributed by atoms with E-state index in [1.165, 1.54) is 0 Å². The van der Waals surface area contributed by atoms with Crippen molar-refractivity contribution >= 4 is 21.9 Å². The molecule has 0 aliphatic rings. The van der Waals surface area contributed by atoms with Gasteiger partial charge in [-0.2, -0.15) is 0 Å². The summed E-state index contributed by atoms with van der Waals surface area (Å²) in [6.45, 7) is -0.0194. The van der Waals surface area contributed by atoms with Crippen LogP contribution in [0, 0.1) is 0 Å². The smallest absolute Gasteiger partial charge is 0.344 e. The zero-order chi connectivity index (χ0) is 16.7. The Morgan fingerprint density at radius 1 is 1.00 bits per heavy atom. The van der Waals surface area contributed by atoms with Gasteiger partial charge in [-0.1, -0.05) is 18.2 Å². The van der Waals surface area contributed by atoms with Gasteiger partial charge in [-0.3, -0.25) is 0 Å². The molecule has 0 bridgehead atoms. The number of ether oxygens (including phenoxy) is 4. The molecule has 23 heavy (non-hydrogen) atoms. The number of benzene rings is 2. The van der Waals surface area contributed by atoms with Crippen LogP contribution in [0.2, 0.25) is 0 Å². The Bertz CT molecular complexity index is 672. The van der Waals surface area contributed by atoms with Crippen LogP contribution >= 0.6 is 15.9 Å². The number of para-hydroxylation sites is 2. The van der Waals surface area contributed by atoms with E-state index in [-0.39, 0.29) is 13.2 Å². The van der Waals surface area contributed by atoms with Gasteiger partial charge in [-0.15, -0.1) is 0 Å². The summed E-state index contributed by atoms with van der Waals surface area (Å²) in [4.78, 5) is 11.8. The molecule has 2 aromatic rings. The highest BCUT2D eigenvalue weighted by Gasteiger charge is 2.09. The predicted octanol–water partition coefficient (Wildman–Crippen LogP) is 3.59. The molecule has 0 saturated carbocycles. The van der Waals surface area contributed by atoms with Crippen molar-refractivity contribution in [2.75, 3.05) is 20.8 Å². The molecule has 0 saturated heterocycles. The monoisotopic (exact) mass is 380 g/mol. The molecule has 0 unspecified atom stereocenters. The van der Waals surface area contributed by atoms with Crippen LogP contribution in [-0.2, 0) is 16.1 Å². The van der Waals surface area contributed by atoms with Gasteiger partial charge in [0.25, 0.3) is 0 Å². The topological polar surface area (TPSA) is 54.0 Å². The Kier molecular flexibility index (Phi) is 6.29. The molecule has 6 heteroatoms. The lowest BCUT2D eigenvalue weighted by Crippen LogP contribution is -2.15. The van der Waals surface area contributed by atoms with Crippen molar-refractivity contribution < 1.29 is 23.7 Å². The first kappa shape index (κ1) is 17.1. The average Bonchev–Trinajstić information content (AvgIpc) is 2.58. The third-order valence-corrected chi connectivity index (χ3v) is 3.65. The molecule has 0 aliphatic carbocycles. The summed E-state index contributed by atoms with van der Waals surface area (Å²) in [5.41, 5.74) is 0.850. The first-order valence-corrected chi connectivity index (χ1v) is 7.67. The molecular formula is C17H17BrO5. The number of esters is 1. The molecule has 0 aliphatic heterocycles. The molecular weight excluding hydrogens is 364 g/mol. The van der Waals surface area contributed by atoms with Crippen LogP contribution in [0.15, 0.2) is 46.9 Å². The number of hydrogen-bond acceptors (Lipinski definition) is 5. The zero-order valence-corrected chi connectivity index (χ0v) is 14.5. The Morgan fingerprint density at radius 3 is 2.35 bits per heavy atom. The maximum atomic E-state index is 11.8. The normalized spacial score (nSPS) is 10.0. The third-order valence-electron chi connectivity index (χ3n) is 3.03. The maximum absolute atomic E-state index is 11.8. The standard InChI is InChI=1S/C17H17BrO5/c1-20-14-8-7-12(9-13(14)18)10-23-17(19)11-22-16-6-4-3-5-15(16)21-2/h3-9H,10-11H2,1-2H3. The van der Waals surface area contributed by atoms with Crippen LogP contribution in [0.4, 0.5) is 0 Å². The second-order valence-electron chi connectivity index (χ2n) is 4.57. The van der Waals surface area contributed by atoms with Crippen molar-refractivity contribution in [3.8, 4) is 17.2 Å². The fourth-order valence-electron chi connectivity index (χ4n) is 1.88. The first-order chi connectivity index (χ1) is 11.1. The van der Waals surface area contributed by atoms with Gasteiger partial charge in [-0.05, 0) is 45.8 Å². The SMILES string of the molecule is COc1ccc(COC(=O)COc2ccccc2OC)cc1Br. The molecule has 0 radical (unpaired) electrons. The summed E-state index contributed by atoms with van der Waals surface area (Å²) < 4.78 is 21.7. The minimum absolute atomic E-state index is 0.163. The van der Waals surface area contributed by atoms with Gasteiger partial charge in [0.2, 0.25) is 0 Å². The van der Waals surface area contributed by atoms with Gasteiger partial charge < -0.3 is 18.9 Å². The second-order valence-corrected chi connectivity index (χ2v) is 5.42. The molecule has 0 spiro atoms. The van der Waals surface area contributed by atoms with Crippen LogP contribution in [0.1, 0.15) is 5.56 Å². The van der Waals surface area contributed by atoms with E-state index in [1.807, 2.05) is 18.2 Å². The van der Waals surface area contributed by atoms with Gasteiger partial charge in [0, 0.05) is 0 Å².